The van der Waals surface area contributed by atoms with Gasteiger partial charge in [0.1, 0.15) is 0 Å². The van der Waals surface area contributed by atoms with E-state index in [-0.39, 0.29) is 5.78 Å². The van der Waals surface area contributed by atoms with Crippen molar-refractivity contribution in [3.8, 4) is 11.1 Å². The van der Waals surface area contributed by atoms with E-state index < -0.39 is 0 Å². The van der Waals surface area contributed by atoms with E-state index in [2.05, 4.69) is 6.07 Å². The molecule has 0 saturated heterocycles. The fourth-order valence-corrected chi connectivity index (χ4v) is 3.57. The van der Waals surface area contributed by atoms with Crippen LogP contribution < -0.4 is 0 Å². The summed E-state index contributed by atoms with van der Waals surface area (Å²) in [6.07, 6.45) is 3.53. The quantitative estimate of drug-likeness (QED) is 0.309. The molecule has 3 aromatic carbocycles. The maximum absolute atomic E-state index is 13.2. The van der Waals surface area contributed by atoms with Gasteiger partial charge in [0, 0.05) is 16.6 Å². The fraction of sp³-hybridized carbons (Fsp3) is 0.0769. The predicted molar refractivity (Wildman–Crippen MR) is 116 cm³/mol. The number of benzene rings is 3. The zero-order valence-electron chi connectivity index (χ0n) is 16.0. The monoisotopic (exact) mass is 363 g/mol. The van der Waals surface area contributed by atoms with Crippen LogP contribution in [0.15, 0.2) is 84.9 Å². The van der Waals surface area contributed by atoms with E-state index in [4.69, 9.17) is 4.98 Å². The molecule has 0 unspecified atom stereocenters. The zero-order chi connectivity index (χ0) is 19.5. The number of rotatable bonds is 4. The van der Waals surface area contributed by atoms with E-state index in [1.54, 1.807) is 6.08 Å². The molecule has 0 N–H and O–H groups in total. The molecule has 4 aromatic rings. The normalized spacial score (nSPS) is 11.2. The van der Waals surface area contributed by atoms with Crippen molar-refractivity contribution in [2.45, 2.75) is 13.8 Å². The van der Waals surface area contributed by atoms with Crippen LogP contribution in [0.5, 0.6) is 0 Å². The Morgan fingerprint density at radius 3 is 2.39 bits per heavy atom. The van der Waals surface area contributed by atoms with Crippen LogP contribution in [0.1, 0.15) is 27.2 Å². The smallest absolute Gasteiger partial charge is 0.188 e. The van der Waals surface area contributed by atoms with Crippen LogP contribution in [-0.4, -0.2) is 10.8 Å². The van der Waals surface area contributed by atoms with E-state index in [0.29, 0.717) is 5.56 Å². The Labute approximate surface area is 165 Å². The summed E-state index contributed by atoms with van der Waals surface area (Å²) in [5.74, 6) is -0.0314. The Morgan fingerprint density at radius 2 is 1.61 bits per heavy atom. The summed E-state index contributed by atoms with van der Waals surface area (Å²) in [7, 11) is 0. The topological polar surface area (TPSA) is 30.0 Å². The number of aromatic nitrogens is 1. The first-order chi connectivity index (χ1) is 13.6. The Kier molecular flexibility index (Phi) is 4.86. The van der Waals surface area contributed by atoms with Crippen LogP contribution in [0, 0.1) is 13.8 Å². The van der Waals surface area contributed by atoms with Gasteiger partial charge < -0.3 is 0 Å². The third kappa shape index (κ3) is 3.49. The average Bonchev–Trinajstić information content (AvgIpc) is 2.71. The van der Waals surface area contributed by atoms with Crippen LogP contribution in [0.4, 0.5) is 0 Å². The molecule has 0 radical (unpaired) electrons. The minimum Gasteiger partial charge on any atom is -0.289 e. The van der Waals surface area contributed by atoms with Gasteiger partial charge in [0.05, 0.1) is 11.1 Å². The highest BCUT2D eigenvalue weighted by Crippen LogP contribution is 2.33. The molecule has 0 bridgehead atoms. The number of aryl methyl sites for hydroxylation is 2. The molecule has 2 heteroatoms. The number of carbonyl (C=O) groups excluding carboxylic acids is 1. The summed E-state index contributed by atoms with van der Waals surface area (Å²) in [6.45, 7) is 3.96. The van der Waals surface area contributed by atoms with Crippen molar-refractivity contribution >= 4 is 22.8 Å². The van der Waals surface area contributed by atoms with E-state index in [0.717, 1.165) is 33.3 Å². The third-order valence-electron chi connectivity index (χ3n) is 4.85. The van der Waals surface area contributed by atoms with Crippen molar-refractivity contribution in [1.29, 1.82) is 0 Å². The van der Waals surface area contributed by atoms with E-state index in [1.807, 2.05) is 92.7 Å². The van der Waals surface area contributed by atoms with Crippen LogP contribution in [0.2, 0.25) is 0 Å². The van der Waals surface area contributed by atoms with Gasteiger partial charge in [-0.3, -0.25) is 9.78 Å². The number of nitrogens with zero attached hydrogens (tertiary/aromatic N) is 1. The van der Waals surface area contributed by atoms with Crippen LogP contribution in [-0.2, 0) is 0 Å². The lowest BCUT2D eigenvalue weighted by Crippen LogP contribution is -2.05. The summed E-state index contributed by atoms with van der Waals surface area (Å²) in [6, 6.07) is 26.2. The molecule has 0 amide bonds. The van der Waals surface area contributed by atoms with Gasteiger partial charge in [-0.25, -0.2) is 0 Å². The molecule has 1 aromatic heterocycles. The highest BCUT2D eigenvalue weighted by Gasteiger charge is 2.18. The number of ketones is 1. The third-order valence-corrected chi connectivity index (χ3v) is 4.85. The number of hydrogen-bond donors (Lipinski definition) is 0. The highest BCUT2D eigenvalue weighted by atomic mass is 16.1. The molecule has 0 fully saturated rings. The molecular formula is C26H21NO. The number of hydrogen-bond acceptors (Lipinski definition) is 2. The lowest BCUT2D eigenvalue weighted by atomic mass is 9.92. The second kappa shape index (κ2) is 7.61. The van der Waals surface area contributed by atoms with Gasteiger partial charge in [-0.1, -0.05) is 84.4 Å². The van der Waals surface area contributed by atoms with Crippen LogP contribution >= 0.6 is 0 Å². The summed E-state index contributed by atoms with van der Waals surface area (Å²) in [5, 5.41) is 0.992. The number of pyridine rings is 1. The second-order valence-electron chi connectivity index (χ2n) is 6.94. The summed E-state index contributed by atoms with van der Waals surface area (Å²) >= 11 is 0. The molecule has 4 rings (SSSR count). The van der Waals surface area contributed by atoms with E-state index in [9.17, 15) is 4.79 Å². The lowest BCUT2D eigenvalue weighted by Gasteiger charge is -2.14. The number of carbonyl (C=O) groups is 1. The second-order valence-corrected chi connectivity index (χ2v) is 6.94. The fourth-order valence-electron chi connectivity index (χ4n) is 3.57. The minimum absolute atomic E-state index is 0.0314. The Morgan fingerprint density at radius 1 is 0.857 bits per heavy atom. The predicted octanol–water partition coefficient (Wildman–Crippen LogP) is 6.41. The Hall–Kier alpha value is -3.52. The molecule has 28 heavy (non-hydrogen) atoms. The van der Waals surface area contributed by atoms with Crippen molar-refractivity contribution in [2.75, 3.05) is 0 Å². The average molecular weight is 363 g/mol. The Balaban J connectivity index is 1.88. The first-order valence-corrected chi connectivity index (χ1v) is 9.37. The maximum Gasteiger partial charge on any atom is 0.188 e. The largest absolute Gasteiger partial charge is 0.289 e. The number of para-hydroxylation sites is 1. The minimum atomic E-state index is -0.0314. The van der Waals surface area contributed by atoms with Crippen LogP contribution in [0.25, 0.3) is 28.1 Å². The standard InChI is InChI=1S/C26H21NO/c1-18-9-8-10-20(17-18)15-16-24(28)25-19(2)27-23-14-7-6-13-22(23)26(25)21-11-4-3-5-12-21/h3-17H,1-2H3/b16-15+. The van der Waals surface area contributed by atoms with Gasteiger partial charge in [-0.05, 0) is 37.1 Å². The highest BCUT2D eigenvalue weighted by molar-refractivity contribution is 6.16. The molecular weight excluding hydrogens is 342 g/mol. The summed E-state index contributed by atoms with van der Waals surface area (Å²) in [4.78, 5) is 17.9. The molecule has 0 aliphatic carbocycles. The molecule has 0 aliphatic heterocycles. The number of fused-ring (bicyclic) bond motifs is 1. The maximum atomic E-state index is 13.2. The molecule has 0 saturated carbocycles. The van der Waals surface area contributed by atoms with Crippen molar-refractivity contribution in [3.63, 3.8) is 0 Å². The van der Waals surface area contributed by atoms with Gasteiger partial charge in [-0.15, -0.1) is 0 Å². The summed E-state index contributed by atoms with van der Waals surface area (Å²) < 4.78 is 0. The van der Waals surface area contributed by atoms with E-state index in [1.165, 1.54) is 5.56 Å². The molecule has 2 nitrogen and oxygen atoms in total. The first kappa shape index (κ1) is 17.9. The van der Waals surface area contributed by atoms with Crippen molar-refractivity contribution in [2.24, 2.45) is 0 Å². The van der Waals surface area contributed by atoms with Gasteiger partial charge in [0.25, 0.3) is 0 Å². The van der Waals surface area contributed by atoms with Crippen molar-refractivity contribution < 1.29 is 4.79 Å². The molecule has 0 aliphatic rings. The van der Waals surface area contributed by atoms with Gasteiger partial charge >= 0.3 is 0 Å². The SMILES string of the molecule is Cc1cccc(/C=C/C(=O)c2c(C)nc3ccccc3c2-c2ccccc2)c1. The Bertz CT molecular complexity index is 1190. The lowest BCUT2D eigenvalue weighted by molar-refractivity contribution is 0.104. The van der Waals surface area contributed by atoms with Gasteiger partial charge in [0.15, 0.2) is 5.78 Å². The molecule has 0 spiro atoms. The zero-order valence-corrected chi connectivity index (χ0v) is 16.0. The molecule has 1 heterocycles. The van der Waals surface area contributed by atoms with Gasteiger partial charge in [0.2, 0.25) is 0 Å². The molecule has 136 valence electrons. The first-order valence-electron chi connectivity index (χ1n) is 9.37. The van der Waals surface area contributed by atoms with Crippen molar-refractivity contribution in [1.82, 2.24) is 4.98 Å². The number of allylic oxidation sites excluding steroid dienone is 1. The van der Waals surface area contributed by atoms with Crippen LogP contribution in [0.3, 0.4) is 0 Å². The van der Waals surface area contributed by atoms with E-state index >= 15 is 0 Å². The van der Waals surface area contributed by atoms with Gasteiger partial charge in [-0.2, -0.15) is 0 Å². The summed E-state index contributed by atoms with van der Waals surface area (Å²) in [5.41, 5.74) is 6.46. The molecule has 0 atom stereocenters. The van der Waals surface area contributed by atoms with Crippen molar-refractivity contribution in [3.05, 3.63) is 107 Å².